The quantitative estimate of drug-likeness (QED) is 0.403. The normalized spacial score (nSPS) is 24.1. The van der Waals surface area contributed by atoms with E-state index < -0.39 is 0 Å². The van der Waals surface area contributed by atoms with Crippen LogP contribution in [0, 0.1) is 5.92 Å². The lowest BCUT2D eigenvalue weighted by Gasteiger charge is -2.14. The van der Waals surface area contributed by atoms with Crippen molar-refractivity contribution in [3.8, 4) is 0 Å². The number of hydrogen-bond acceptors (Lipinski definition) is 0. The van der Waals surface area contributed by atoms with Gasteiger partial charge in [-0.3, -0.25) is 0 Å². The predicted octanol–water partition coefficient (Wildman–Crippen LogP) is 1.96. The summed E-state index contributed by atoms with van der Waals surface area (Å²) in [5.74, 6) is 1.00. The van der Waals surface area contributed by atoms with Crippen molar-refractivity contribution in [1.29, 1.82) is 0 Å². The van der Waals surface area contributed by atoms with E-state index in [9.17, 15) is 0 Å². The van der Waals surface area contributed by atoms with E-state index in [-0.39, 0.29) is 0 Å². The van der Waals surface area contributed by atoms with Gasteiger partial charge in [0.25, 0.3) is 0 Å². The van der Waals surface area contributed by atoms with Gasteiger partial charge in [-0.2, -0.15) is 0 Å². The van der Waals surface area contributed by atoms with E-state index in [1.54, 1.807) is 0 Å². The van der Waals surface area contributed by atoms with Gasteiger partial charge < -0.3 is 0 Å². The fourth-order valence-electron chi connectivity index (χ4n) is 1.09. The van der Waals surface area contributed by atoms with Crippen molar-refractivity contribution in [3.05, 3.63) is 0 Å². The molecule has 0 saturated carbocycles. The Morgan fingerprint density at radius 1 is 1.29 bits per heavy atom. The summed E-state index contributed by atoms with van der Waals surface area (Å²) in [5.41, 5.74) is 0. The summed E-state index contributed by atoms with van der Waals surface area (Å²) < 4.78 is 0. The molecule has 0 N–H and O–H groups in total. The lowest BCUT2D eigenvalue weighted by Crippen LogP contribution is -2.05. The molecule has 1 rings (SSSR count). The van der Waals surface area contributed by atoms with Crippen molar-refractivity contribution in [2.24, 2.45) is 5.92 Å². The monoisotopic (exact) mass is 95.1 g/mol. The summed E-state index contributed by atoms with van der Waals surface area (Å²) in [6.07, 6.45) is 5.59. The molecular formula is C6H12B. The molecule has 0 bridgehead atoms. The van der Waals surface area contributed by atoms with Crippen LogP contribution in [0.25, 0.3) is 0 Å². The first-order valence-electron chi connectivity index (χ1n) is 3.21. The highest BCUT2D eigenvalue weighted by Crippen LogP contribution is 2.18. The lowest BCUT2D eigenvalue weighted by molar-refractivity contribution is 0.523. The molecule has 0 nitrogen and oxygen atoms in total. The van der Waals surface area contributed by atoms with Gasteiger partial charge in [-0.25, -0.2) is 0 Å². The van der Waals surface area contributed by atoms with Crippen LogP contribution in [0.3, 0.4) is 0 Å². The average molecular weight is 95.0 g/mol. The minimum Gasteiger partial charge on any atom is -0.0801 e. The number of rotatable bonds is 0. The van der Waals surface area contributed by atoms with Crippen LogP contribution < -0.4 is 0 Å². The van der Waals surface area contributed by atoms with E-state index in [0.717, 1.165) is 5.92 Å². The van der Waals surface area contributed by atoms with Crippen molar-refractivity contribution in [3.63, 3.8) is 0 Å². The van der Waals surface area contributed by atoms with Gasteiger partial charge >= 0.3 is 0 Å². The van der Waals surface area contributed by atoms with E-state index in [2.05, 4.69) is 14.2 Å². The Balaban J connectivity index is 2.12. The standard InChI is InChI=1S/C6H12B/c1-6-2-4-7-5-3-6/h6H,2-5H2,1H3. The first-order chi connectivity index (χ1) is 3.39. The summed E-state index contributed by atoms with van der Waals surface area (Å²) in [5, 5.41) is 0. The van der Waals surface area contributed by atoms with Gasteiger partial charge in [0.2, 0.25) is 0 Å². The van der Waals surface area contributed by atoms with E-state index >= 15 is 0 Å². The van der Waals surface area contributed by atoms with Crippen molar-refractivity contribution in [2.75, 3.05) is 0 Å². The summed E-state index contributed by atoms with van der Waals surface area (Å²) in [4.78, 5) is 0. The highest BCUT2D eigenvalue weighted by Gasteiger charge is 2.06. The average Bonchev–Trinajstić information content (AvgIpc) is 1.69. The van der Waals surface area contributed by atoms with Gasteiger partial charge in [0, 0.05) is 0 Å². The van der Waals surface area contributed by atoms with Crippen LogP contribution in [-0.2, 0) is 0 Å². The minimum atomic E-state index is 1.00. The van der Waals surface area contributed by atoms with Crippen molar-refractivity contribution in [2.45, 2.75) is 32.4 Å². The zero-order valence-corrected chi connectivity index (χ0v) is 4.98. The molecule has 0 atom stereocenters. The highest BCUT2D eigenvalue weighted by molar-refractivity contribution is 6.35. The molecule has 1 aliphatic rings. The minimum absolute atomic E-state index is 1.00. The second-order valence-electron chi connectivity index (χ2n) is 2.55. The van der Waals surface area contributed by atoms with Crippen LogP contribution >= 0.6 is 0 Å². The molecule has 0 unspecified atom stereocenters. The Morgan fingerprint density at radius 2 is 1.86 bits per heavy atom. The predicted molar refractivity (Wildman–Crippen MR) is 33.8 cm³/mol. The lowest BCUT2D eigenvalue weighted by atomic mass is 9.62. The Hall–Kier alpha value is 0.0649. The van der Waals surface area contributed by atoms with E-state index in [4.69, 9.17) is 0 Å². The second-order valence-corrected chi connectivity index (χ2v) is 2.55. The highest BCUT2D eigenvalue weighted by atomic mass is 14.0. The molecule has 7 heavy (non-hydrogen) atoms. The van der Waals surface area contributed by atoms with Crippen LogP contribution in [0.15, 0.2) is 0 Å². The largest absolute Gasteiger partial charge is 0.109 e. The molecule has 0 spiro atoms. The Labute approximate surface area is 46.5 Å². The molecule has 1 heteroatoms. The van der Waals surface area contributed by atoms with Gasteiger partial charge in [-0.05, 0) is 5.92 Å². The number of hydrogen-bond donors (Lipinski definition) is 0. The molecule has 0 aromatic rings. The molecule has 1 fully saturated rings. The smallest absolute Gasteiger partial charge is 0.0801 e. The Kier molecular flexibility index (Phi) is 1.78. The van der Waals surface area contributed by atoms with Gasteiger partial charge in [-0.1, -0.05) is 32.4 Å². The fourth-order valence-corrected chi connectivity index (χ4v) is 1.09. The maximum absolute atomic E-state index is 2.40. The first kappa shape index (κ1) is 5.21. The van der Waals surface area contributed by atoms with Crippen molar-refractivity contribution >= 4 is 7.28 Å². The van der Waals surface area contributed by atoms with Crippen molar-refractivity contribution in [1.82, 2.24) is 0 Å². The van der Waals surface area contributed by atoms with Gasteiger partial charge in [0.15, 0.2) is 0 Å². The SMILES string of the molecule is CC1CC[B]CC1. The van der Waals surface area contributed by atoms with Crippen LogP contribution in [0.1, 0.15) is 19.8 Å². The Morgan fingerprint density at radius 3 is 2.14 bits per heavy atom. The molecule has 0 aromatic carbocycles. The third-order valence-corrected chi connectivity index (χ3v) is 1.73. The third kappa shape index (κ3) is 1.54. The van der Waals surface area contributed by atoms with E-state index in [1.807, 2.05) is 0 Å². The molecule has 1 aliphatic heterocycles. The van der Waals surface area contributed by atoms with Gasteiger partial charge in [-0.15, -0.1) is 0 Å². The summed E-state index contributed by atoms with van der Waals surface area (Å²) >= 11 is 0. The summed E-state index contributed by atoms with van der Waals surface area (Å²) in [6.45, 7) is 2.34. The van der Waals surface area contributed by atoms with Crippen LogP contribution in [-0.4, -0.2) is 7.28 Å². The molecular weight excluding hydrogens is 82.9 g/mol. The molecule has 0 amide bonds. The summed E-state index contributed by atoms with van der Waals surface area (Å²) in [7, 11) is 2.40. The maximum Gasteiger partial charge on any atom is 0.109 e. The molecule has 1 radical (unpaired) electrons. The van der Waals surface area contributed by atoms with Gasteiger partial charge in [0.1, 0.15) is 7.28 Å². The zero-order chi connectivity index (χ0) is 5.11. The molecule has 39 valence electrons. The zero-order valence-electron chi connectivity index (χ0n) is 4.98. The fraction of sp³-hybridized carbons (Fsp3) is 1.00. The van der Waals surface area contributed by atoms with Crippen LogP contribution in [0.4, 0.5) is 0 Å². The van der Waals surface area contributed by atoms with E-state index in [0.29, 0.717) is 0 Å². The Bertz CT molecular complexity index is 46.1. The molecule has 1 saturated heterocycles. The molecule has 0 aromatic heterocycles. The second kappa shape index (κ2) is 2.39. The van der Waals surface area contributed by atoms with Crippen molar-refractivity contribution < 1.29 is 0 Å². The van der Waals surface area contributed by atoms with Crippen LogP contribution in [0.5, 0.6) is 0 Å². The third-order valence-electron chi connectivity index (χ3n) is 1.73. The maximum atomic E-state index is 2.40. The first-order valence-corrected chi connectivity index (χ1v) is 3.21. The van der Waals surface area contributed by atoms with Crippen LogP contribution in [0.2, 0.25) is 12.6 Å². The van der Waals surface area contributed by atoms with E-state index in [1.165, 1.54) is 25.5 Å². The van der Waals surface area contributed by atoms with Gasteiger partial charge in [0.05, 0.1) is 0 Å². The topological polar surface area (TPSA) is 0 Å². The molecule has 0 aliphatic carbocycles. The summed E-state index contributed by atoms with van der Waals surface area (Å²) in [6, 6.07) is 0. The molecule has 1 heterocycles.